The van der Waals surface area contributed by atoms with Gasteiger partial charge in [-0.15, -0.1) is 0 Å². The third-order valence-electron chi connectivity index (χ3n) is 6.51. The minimum atomic E-state index is -4.85. The van der Waals surface area contributed by atoms with Crippen molar-refractivity contribution in [1.82, 2.24) is 0 Å². The third-order valence-corrected chi connectivity index (χ3v) is 9.15. The largest absolute Gasteiger partial charge is 0.495 e. The van der Waals surface area contributed by atoms with Gasteiger partial charge in [-0.2, -0.15) is 17.5 Å². The standard InChI is InChI=1S/C28H25Cl2F3N2O5S/c1-17-12-18(23-16-27(40-34-23,28(31,32)33)19-13-20(29)15-21(30)14-19)8-9-22(17)26(36)35-41(37,11-10-38-2)25-7-5-4-6-24(25)39-3/h4-9,12-15H,10-11,16H2,1-3H3. The van der Waals surface area contributed by atoms with Crippen molar-refractivity contribution in [1.29, 1.82) is 0 Å². The second-order valence-electron chi connectivity index (χ2n) is 9.20. The van der Waals surface area contributed by atoms with Gasteiger partial charge in [0.05, 0.1) is 39.8 Å². The van der Waals surface area contributed by atoms with E-state index in [9.17, 15) is 22.2 Å². The first kappa shape index (κ1) is 30.8. The van der Waals surface area contributed by atoms with Crippen molar-refractivity contribution >= 4 is 44.5 Å². The number of amides is 1. The van der Waals surface area contributed by atoms with Gasteiger partial charge in [-0.1, -0.05) is 46.6 Å². The van der Waals surface area contributed by atoms with E-state index in [1.807, 2.05) is 0 Å². The quantitative estimate of drug-likeness (QED) is 0.263. The van der Waals surface area contributed by atoms with Crippen molar-refractivity contribution in [3.05, 3.63) is 93.0 Å². The number of aryl methyl sites for hydroxylation is 1. The number of nitrogens with zero attached hydrogens (tertiary/aromatic N) is 2. The van der Waals surface area contributed by atoms with Crippen molar-refractivity contribution < 1.29 is 36.5 Å². The lowest BCUT2D eigenvalue weighted by Gasteiger charge is -2.29. The van der Waals surface area contributed by atoms with Crippen molar-refractivity contribution in [2.24, 2.45) is 9.52 Å². The fourth-order valence-corrected chi connectivity index (χ4v) is 6.85. The van der Waals surface area contributed by atoms with Gasteiger partial charge in [-0.3, -0.25) is 4.79 Å². The zero-order valence-corrected chi connectivity index (χ0v) is 24.5. The Morgan fingerprint density at radius 1 is 1.10 bits per heavy atom. The monoisotopic (exact) mass is 628 g/mol. The summed E-state index contributed by atoms with van der Waals surface area (Å²) in [5.41, 5.74) is -2.25. The number of rotatable bonds is 8. The molecule has 0 aliphatic carbocycles. The topological polar surface area (TPSA) is 86.6 Å². The van der Waals surface area contributed by atoms with E-state index in [1.54, 1.807) is 31.2 Å². The molecule has 1 aliphatic heterocycles. The number of hydrogen-bond donors (Lipinski definition) is 0. The van der Waals surface area contributed by atoms with Crippen LogP contribution >= 0.6 is 23.2 Å². The van der Waals surface area contributed by atoms with Crippen LogP contribution in [-0.4, -0.2) is 48.6 Å². The van der Waals surface area contributed by atoms with Gasteiger partial charge in [0.25, 0.3) is 11.5 Å². The highest BCUT2D eigenvalue weighted by molar-refractivity contribution is 7.94. The smallest absolute Gasteiger partial charge is 0.435 e. The second-order valence-corrected chi connectivity index (χ2v) is 12.4. The molecular weight excluding hydrogens is 604 g/mol. The molecule has 1 amide bonds. The third kappa shape index (κ3) is 6.23. The molecule has 0 fully saturated rings. The maximum absolute atomic E-state index is 14.4. The van der Waals surface area contributed by atoms with Gasteiger partial charge in [-0.25, -0.2) is 4.21 Å². The van der Waals surface area contributed by atoms with Crippen LogP contribution in [0.2, 0.25) is 10.0 Å². The number of hydrogen-bond acceptors (Lipinski definition) is 6. The molecule has 0 saturated heterocycles. The first-order valence-electron chi connectivity index (χ1n) is 12.1. The van der Waals surface area contributed by atoms with Gasteiger partial charge >= 0.3 is 6.18 Å². The summed E-state index contributed by atoms with van der Waals surface area (Å²) in [6.07, 6.45) is -5.50. The van der Waals surface area contributed by atoms with Crippen LogP contribution in [0, 0.1) is 6.92 Å². The first-order chi connectivity index (χ1) is 19.3. The van der Waals surface area contributed by atoms with Crippen LogP contribution in [0.3, 0.4) is 0 Å². The lowest BCUT2D eigenvalue weighted by molar-refractivity contribution is -0.275. The van der Waals surface area contributed by atoms with Crippen molar-refractivity contribution in [2.45, 2.75) is 30.0 Å². The Kier molecular flexibility index (Phi) is 9.03. The fourth-order valence-electron chi connectivity index (χ4n) is 4.40. The molecule has 0 bridgehead atoms. The van der Waals surface area contributed by atoms with Crippen LogP contribution in [0.25, 0.3) is 0 Å². The average Bonchev–Trinajstić information content (AvgIpc) is 3.39. The predicted octanol–water partition coefficient (Wildman–Crippen LogP) is 7.21. The number of halogens is 5. The highest BCUT2D eigenvalue weighted by Crippen LogP contribution is 2.49. The van der Waals surface area contributed by atoms with E-state index >= 15 is 0 Å². The summed E-state index contributed by atoms with van der Waals surface area (Å²) in [5, 5.41) is 3.80. The zero-order valence-electron chi connectivity index (χ0n) is 22.1. The SMILES string of the molecule is COCCS(=O)(=NC(=O)c1ccc(C2=NOC(c3cc(Cl)cc(Cl)c3)(C(F)(F)F)C2)cc1C)c1ccccc1OC. The molecule has 41 heavy (non-hydrogen) atoms. The Bertz CT molecular complexity index is 1620. The summed E-state index contributed by atoms with van der Waals surface area (Å²) in [6, 6.07) is 14.5. The van der Waals surface area contributed by atoms with Crippen LogP contribution in [0.4, 0.5) is 13.2 Å². The Morgan fingerprint density at radius 3 is 2.39 bits per heavy atom. The number of alkyl halides is 3. The highest BCUT2D eigenvalue weighted by atomic mass is 35.5. The second kappa shape index (κ2) is 12.0. The maximum atomic E-state index is 14.4. The van der Waals surface area contributed by atoms with Crippen LogP contribution in [-0.2, 0) is 24.9 Å². The Balaban J connectivity index is 1.68. The van der Waals surface area contributed by atoms with Crippen molar-refractivity contribution in [3.63, 3.8) is 0 Å². The van der Waals surface area contributed by atoms with E-state index in [2.05, 4.69) is 9.52 Å². The zero-order chi connectivity index (χ0) is 30.0. The minimum Gasteiger partial charge on any atom is -0.495 e. The van der Waals surface area contributed by atoms with E-state index in [-0.39, 0.29) is 44.1 Å². The molecule has 3 aromatic carbocycles. The van der Waals surface area contributed by atoms with Crippen LogP contribution in [0.1, 0.15) is 33.5 Å². The van der Waals surface area contributed by atoms with E-state index in [4.69, 9.17) is 37.5 Å². The van der Waals surface area contributed by atoms with E-state index in [0.717, 1.165) is 12.1 Å². The molecule has 1 aliphatic rings. The molecule has 4 rings (SSSR count). The Morgan fingerprint density at radius 2 is 1.78 bits per heavy atom. The summed E-state index contributed by atoms with van der Waals surface area (Å²) in [5.74, 6) is -0.511. The molecule has 0 N–H and O–H groups in total. The molecule has 3 aromatic rings. The van der Waals surface area contributed by atoms with Gasteiger partial charge in [0, 0.05) is 34.7 Å². The molecule has 13 heteroatoms. The van der Waals surface area contributed by atoms with Gasteiger partial charge in [-0.05, 0) is 60.5 Å². The van der Waals surface area contributed by atoms with Crippen LogP contribution < -0.4 is 4.74 Å². The molecule has 0 spiro atoms. The van der Waals surface area contributed by atoms with Crippen molar-refractivity contribution in [2.75, 3.05) is 26.6 Å². The number of carbonyl (C=O) groups is 1. The number of benzene rings is 3. The highest BCUT2D eigenvalue weighted by Gasteiger charge is 2.62. The Labute approximate surface area is 245 Å². The molecule has 2 atom stereocenters. The van der Waals surface area contributed by atoms with E-state index < -0.39 is 33.8 Å². The first-order valence-corrected chi connectivity index (χ1v) is 14.6. The van der Waals surface area contributed by atoms with Crippen LogP contribution in [0.15, 0.2) is 75.1 Å². The molecule has 2 unspecified atom stereocenters. The number of para-hydroxylation sites is 1. The van der Waals surface area contributed by atoms with Crippen LogP contribution in [0.5, 0.6) is 5.75 Å². The number of ether oxygens (including phenoxy) is 2. The maximum Gasteiger partial charge on any atom is 0.435 e. The summed E-state index contributed by atoms with van der Waals surface area (Å²) in [6.45, 7) is 1.67. The molecule has 218 valence electrons. The van der Waals surface area contributed by atoms with Gasteiger partial charge in [0.2, 0.25) is 0 Å². The molecule has 7 nitrogen and oxygen atoms in total. The summed E-state index contributed by atoms with van der Waals surface area (Å²) in [7, 11) is -0.435. The van der Waals surface area contributed by atoms with E-state index in [1.165, 1.54) is 38.5 Å². The van der Waals surface area contributed by atoms with E-state index in [0.29, 0.717) is 16.9 Å². The molecular formula is C28H25Cl2F3N2O5S. The average molecular weight is 629 g/mol. The van der Waals surface area contributed by atoms with Gasteiger partial charge < -0.3 is 14.3 Å². The minimum absolute atomic E-state index is 0.00961. The number of oxime groups is 1. The summed E-state index contributed by atoms with van der Waals surface area (Å²) >= 11 is 11.9. The normalized spacial score (nSPS) is 18.3. The number of carbonyl (C=O) groups excluding carboxylic acids is 1. The summed E-state index contributed by atoms with van der Waals surface area (Å²) < 4.78 is 71.5. The molecule has 0 aromatic heterocycles. The lowest BCUT2D eigenvalue weighted by atomic mass is 9.86. The molecule has 1 heterocycles. The van der Waals surface area contributed by atoms with Gasteiger partial charge in [0.1, 0.15) is 5.75 Å². The number of methoxy groups -OCH3 is 2. The molecule has 0 radical (unpaired) electrons. The molecule has 0 saturated carbocycles. The predicted molar refractivity (Wildman–Crippen MR) is 151 cm³/mol. The Hall–Kier alpha value is -3.12. The summed E-state index contributed by atoms with van der Waals surface area (Å²) in [4.78, 5) is 18.6. The van der Waals surface area contributed by atoms with Crippen molar-refractivity contribution in [3.8, 4) is 5.75 Å². The van der Waals surface area contributed by atoms with Gasteiger partial charge in [0.15, 0.2) is 0 Å². The lowest BCUT2D eigenvalue weighted by Crippen LogP contribution is -2.42. The fraction of sp³-hybridized carbons (Fsp3) is 0.286.